The third-order valence-electron chi connectivity index (χ3n) is 8.00. The van der Waals surface area contributed by atoms with Crippen molar-refractivity contribution in [1.82, 2.24) is 19.1 Å². The molecular formula is C32H30N4. The van der Waals surface area contributed by atoms with E-state index in [-0.39, 0.29) is 10.8 Å². The number of fused-ring (bicyclic) bond motifs is 2. The van der Waals surface area contributed by atoms with Gasteiger partial charge in [-0.3, -0.25) is 0 Å². The summed E-state index contributed by atoms with van der Waals surface area (Å²) in [5, 5.41) is 2.42. The standard InChI is InChI=1S/C32H30N4/c1-31(2,27-15-9-17-29(33-27)35-21-19-23-11-5-7-13-25(23)35)32(3,4)28-16-10-18-30(34-28)36-22-20-24-12-6-8-14-26(24)36/h5-22H,1-4H3. The fourth-order valence-electron chi connectivity index (χ4n) is 5.02. The molecule has 0 saturated carbocycles. The minimum atomic E-state index is -0.281. The van der Waals surface area contributed by atoms with Crippen LogP contribution in [-0.2, 0) is 10.8 Å². The van der Waals surface area contributed by atoms with Gasteiger partial charge in [-0.25, -0.2) is 9.97 Å². The van der Waals surface area contributed by atoms with Crippen LogP contribution in [0.25, 0.3) is 33.4 Å². The highest BCUT2D eigenvalue weighted by molar-refractivity contribution is 5.82. The van der Waals surface area contributed by atoms with Crippen LogP contribution in [0.5, 0.6) is 0 Å². The number of aromatic nitrogens is 4. The van der Waals surface area contributed by atoms with Crippen molar-refractivity contribution < 1.29 is 0 Å². The van der Waals surface area contributed by atoms with E-state index >= 15 is 0 Å². The summed E-state index contributed by atoms with van der Waals surface area (Å²) in [7, 11) is 0. The second-order valence-electron chi connectivity index (χ2n) is 10.5. The highest BCUT2D eigenvalue weighted by atomic mass is 15.1. The Morgan fingerprint density at radius 3 is 1.33 bits per heavy atom. The molecule has 0 aliphatic heterocycles. The Balaban J connectivity index is 1.40. The second-order valence-corrected chi connectivity index (χ2v) is 10.5. The normalized spacial score (nSPS) is 12.4. The van der Waals surface area contributed by atoms with Gasteiger partial charge in [0.15, 0.2) is 0 Å². The molecule has 2 aromatic carbocycles. The number of pyridine rings is 2. The van der Waals surface area contributed by atoms with E-state index in [4.69, 9.17) is 9.97 Å². The number of nitrogens with zero attached hydrogens (tertiary/aromatic N) is 4. The third kappa shape index (κ3) is 3.44. The molecule has 0 bridgehead atoms. The zero-order valence-electron chi connectivity index (χ0n) is 21.2. The molecule has 0 aliphatic rings. The van der Waals surface area contributed by atoms with Gasteiger partial charge in [-0.1, -0.05) is 76.2 Å². The van der Waals surface area contributed by atoms with Crippen molar-refractivity contribution >= 4 is 21.8 Å². The van der Waals surface area contributed by atoms with Crippen LogP contribution in [0.15, 0.2) is 109 Å². The molecule has 0 atom stereocenters. The van der Waals surface area contributed by atoms with Crippen LogP contribution in [0.2, 0.25) is 0 Å². The Morgan fingerprint density at radius 1 is 0.472 bits per heavy atom. The lowest BCUT2D eigenvalue weighted by molar-refractivity contribution is 0.288. The highest BCUT2D eigenvalue weighted by Crippen LogP contribution is 2.42. The molecule has 4 nitrogen and oxygen atoms in total. The van der Waals surface area contributed by atoms with Crippen molar-refractivity contribution in [3.05, 3.63) is 121 Å². The third-order valence-corrected chi connectivity index (χ3v) is 8.00. The average Bonchev–Trinajstić information content (AvgIpc) is 3.53. The molecule has 0 N–H and O–H groups in total. The first-order valence-electron chi connectivity index (χ1n) is 12.4. The van der Waals surface area contributed by atoms with Gasteiger partial charge in [-0.05, 0) is 59.3 Å². The first kappa shape index (κ1) is 22.3. The SMILES string of the molecule is CC(C)(c1cccc(-n2ccc3ccccc32)n1)C(C)(C)c1cccc(-n2ccc3ccccc32)n1. The fraction of sp³-hybridized carbons (Fsp3) is 0.188. The van der Waals surface area contributed by atoms with Gasteiger partial charge in [0.25, 0.3) is 0 Å². The number of para-hydroxylation sites is 2. The van der Waals surface area contributed by atoms with Gasteiger partial charge in [0.05, 0.1) is 11.0 Å². The van der Waals surface area contributed by atoms with E-state index in [2.05, 4.69) is 146 Å². The summed E-state index contributed by atoms with van der Waals surface area (Å²) >= 11 is 0. The monoisotopic (exact) mass is 470 g/mol. The highest BCUT2D eigenvalue weighted by Gasteiger charge is 2.42. The van der Waals surface area contributed by atoms with Crippen LogP contribution in [-0.4, -0.2) is 19.1 Å². The smallest absolute Gasteiger partial charge is 0.137 e. The van der Waals surface area contributed by atoms with Crippen LogP contribution >= 0.6 is 0 Å². The first-order chi connectivity index (χ1) is 17.4. The zero-order valence-corrected chi connectivity index (χ0v) is 21.2. The number of hydrogen-bond acceptors (Lipinski definition) is 2. The number of benzene rings is 2. The van der Waals surface area contributed by atoms with Crippen LogP contribution in [0.4, 0.5) is 0 Å². The van der Waals surface area contributed by atoms with E-state index in [0.29, 0.717) is 0 Å². The maximum Gasteiger partial charge on any atom is 0.137 e. The van der Waals surface area contributed by atoms with Crippen LogP contribution < -0.4 is 0 Å². The summed E-state index contributed by atoms with van der Waals surface area (Å²) in [6, 6.07) is 33.8. The van der Waals surface area contributed by atoms with Crippen LogP contribution in [0.3, 0.4) is 0 Å². The average molecular weight is 471 g/mol. The molecule has 6 aromatic rings. The van der Waals surface area contributed by atoms with E-state index in [0.717, 1.165) is 34.1 Å². The Kier molecular flexibility index (Phi) is 5.08. The summed E-state index contributed by atoms with van der Waals surface area (Å²) in [6.45, 7) is 9.08. The first-order valence-corrected chi connectivity index (χ1v) is 12.4. The van der Waals surface area contributed by atoms with Gasteiger partial charge in [0.1, 0.15) is 11.6 Å². The summed E-state index contributed by atoms with van der Waals surface area (Å²) in [4.78, 5) is 10.3. The van der Waals surface area contributed by atoms with Crippen molar-refractivity contribution in [2.45, 2.75) is 38.5 Å². The van der Waals surface area contributed by atoms with E-state index in [1.807, 2.05) is 0 Å². The molecule has 0 saturated heterocycles. The summed E-state index contributed by atoms with van der Waals surface area (Å²) in [6.07, 6.45) is 4.20. The predicted molar refractivity (Wildman–Crippen MR) is 148 cm³/mol. The molecule has 0 aliphatic carbocycles. The van der Waals surface area contributed by atoms with Gasteiger partial charge < -0.3 is 9.13 Å². The lowest BCUT2D eigenvalue weighted by atomic mass is 9.64. The van der Waals surface area contributed by atoms with Crippen molar-refractivity contribution in [3.8, 4) is 11.6 Å². The van der Waals surface area contributed by atoms with Crippen molar-refractivity contribution in [2.75, 3.05) is 0 Å². The molecule has 36 heavy (non-hydrogen) atoms. The zero-order chi connectivity index (χ0) is 24.9. The topological polar surface area (TPSA) is 35.6 Å². The molecule has 4 heteroatoms. The lowest BCUT2D eigenvalue weighted by Gasteiger charge is -2.41. The Hall–Kier alpha value is -4.18. The van der Waals surface area contributed by atoms with Gasteiger partial charge >= 0.3 is 0 Å². The Morgan fingerprint density at radius 2 is 0.889 bits per heavy atom. The number of hydrogen-bond donors (Lipinski definition) is 0. The summed E-state index contributed by atoms with van der Waals surface area (Å²) in [5.41, 5.74) is 3.84. The van der Waals surface area contributed by atoms with Crippen molar-refractivity contribution in [3.63, 3.8) is 0 Å². The van der Waals surface area contributed by atoms with E-state index in [1.54, 1.807) is 0 Å². The maximum atomic E-state index is 5.17. The molecule has 4 aromatic heterocycles. The maximum absolute atomic E-state index is 5.17. The molecule has 0 radical (unpaired) electrons. The summed E-state index contributed by atoms with van der Waals surface area (Å²) < 4.78 is 4.33. The molecule has 0 spiro atoms. The molecular weight excluding hydrogens is 440 g/mol. The van der Waals surface area contributed by atoms with Crippen molar-refractivity contribution in [1.29, 1.82) is 0 Å². The minimum absolute atomic E-state index is 0.281. The van der Waals surface area contributed by atoms with E-state index in [9.17, 15) is 0 Å². The molecule has 178 valence electrons. The molecule has 0 fully saturated rings. The Bertz CT molecular complexity index is 1570. The van der Waals surface area contributed by atoms with Gasteiger partial charge in [0.2, 0.25) is 0 Å². The van der Waals surface area contributed by atoms with Crippen LogP contribution in [0.1, 0.15) is 39.1 Å². The minimum Gasteiger partial charge on any atom is -0.301 e. The van der Waals surface area contributed by atoms with E-state index in [1.165, 1.54) is 10.8 Å². The molecule has 0 unspecified atom stereocenters. The van der Waals surface area contributed by atoms with Crippen LogP contribution in [0, 0.1) is 0 Å². The quantitative estimate of drug-likeness (QED) is 0.260. The number of rotatable bonds is 5. The molecule has 6 rings (SSSR count). The summed E-state index contributed by atoms with van der Waals surface area (Å²) in [5.74, 6) is 1.86. The largest absolute Gasteiger partial charge is 0.301 e. The van der Waals surface area contributed by atoms with Gasteiger partial charge in [-0.15, -0.1) is 0 Å². The van der Waals surface area contributed by atoms with Gasteiger partial charge in [0, 0.05) is 34.6 Å². The van der Waals surface area contributed by atoms with Gasteiger partial charge in [-0.2, -0.15) is 0 Å². The fourth-order valence-corrected chi connectivity index (χ4v) is 5.02. The molecule has 0 amide bonds. The Labute approximate surface area is 211 Å². The lowest BCUT2D eigenvalue weighted by Crippen LogP contribution is -2.42. The predicted octanol–water partition coefficient (Wildman–Crippen LogP) is 7.62. The van der Waals surface area contributed by atoms with E-state index < -0.39 is 0 Å². The second kappa shape index (κ2) is 8.20. The molecule has 4 heterocycles. The van der Waals surface area contributed by atoms with Crippen molar-refractivity contribution in [2.24, 2.45) is 0 Å².